The van der Waals surface area contributed by atoms with Gasteiger partial charge in [-0.05, 0) is 103 Å². The Morgan fingerprint density at radius 2 is 1.79 bits per heavy atom. The van der Waals surface area contributed by atoms with Crippen molar-refractivity contribution in [1.82, 2.24) is 15.3 Å². The van der Waals surface area contributed by atoms with Gasteiger partial charge in [0.1, 0.15) is 10.8 Å². The van der Waals surface area contributed by atoms with Crippen molar-refractivity contribution >= 4 is 38.9 Å². The lowest BCUT2D eigenvalue weighted by Crippen LogP contribution is -2.27. The monoisotopic (exact) mass is 559 g/mol. The molecule has 2 aromatic rings. The second-order valence-corrected chi connectivity index (χ2v) is 13.3. The zero-order valence-corrected chi connectivity index (χ0v) is 24.3. The Morgan fingerprint density at radius 1 is 1.08 bits per heavy atom. The maximum Gasteiger partial charge on any atom is 0.229 e. The summed E-state index contributed by atoms with van der Waals surface area (Å²) in [7, 11) is -3.47. The largest absolute Gasteiger partial charge is 0.489 e. The minimum atomic E-state index is -3.47. The molecule has 3 N–H and O–H groups in total. The average molecular weight is 560 g/mol. The average Bonchev–Trinajstić information content (AvgIpc) is 2.88. The number of aromatic nitrogens is 2. The van der Waals surface area contributed by atoms with Crippen LogP contribution in [-0.4, -0.2) is 42.8 Å². The van der Waals surface area contributed by atoms with Gasteiger partial charge in [0.25, 0.3) is 0 Å². The van der Waals surface area contributed by atoms with E-state index < -0.39 is 15.1 Å². The van der Waals surface area contributed by atoms with Crippen molar-refractivity contribution in [2.45, 2.75) is 77.6 Å². The summed E-state index contributed by atoms with van der Waals surface area (Å²) < 4.78 is 32.1. The number of aryl methyl sites for hydroxylation is 1. The fourth-order valence-electron chi connectivity index (χ4n) is 4.78. The van der Waals surface area contributed by atoms with Crippen LogP contribution < -0.4 is 20.7 Å². The van der Waals surface area contributed by atoms with Crippen molar-refractivity contribution in [3.8, 4) is 5.75 Å². The van der Waals surface area contributed by atoms with E-state index in [0.717, 1.165) is 43.8 Å². The van der Waals surface area contributed by atoms with Gasteiger partial charge >= 0.3 is 0 Å². The maximum atomic E-state index is 12.9. The third-order valence-corrected chi connectivity index (χ3v) is 9.31. The summed E-state index contributed by atoms with van der Waals surface area (Å²) in [6, 6.07) is 4.23. The van der Waals surface area contributed by atoms with Gasteiger partial charge in [-0.2, -0.15) is 4.98 Å². The highest BCUT2D eigenvalue weighted by Gasteiger charge is 2.27. The zero-order valence-electron chi connectivity index (χ0n) is 22.8. The van der Waals surface area contributed by atoms with Crippen LogP contribution in [0.1, 0.15) is 70.4 Å². The first-order chi connectivity index (χ1) is 18.1. The smallest absolute Gasteiger partial charge is 0.229 e. The summed E-state index contributed by atoms with van der Waals surface area (Å²) in [5.41, 5.74) is 3.75. The van der Waals surface area contributed by atoms with Crippen LogP contribution in [0.15, 0.2) is 41.1 Å². The number of allylic oxidation sites excluding steroid dienone is 2. The molecule has 8 nitrogen and oxygen atoms in total. The fraction of sp³-hybridized carbons (Fsp3) is 0.500. The van der Waals surface area contributed by atoms with Crippen molar-refractivity contribution in [2.24, 2.45) is 0 Å². The third-order valence-electron chi connectivity index (χ3n) is 6.79. The maximum absolute atomic E-state index is 12.9. The lowest BCUT2D eigenvalue weighted by Gasteiger charge is -2.26. The van der Waals surface area contributed by atoms with Crippen LogP contribution in [0.4, 0.5) is 17.5 Å². The minimum absolute atomic E-state index is 0.00570. The highest BCUT2D eigenvalue weighted by molar-refractivity contribution is 7.96. The number of benzene rings is 1. The van der Waals surface area contributed by atoms with Crippen molar-refractivity contribution in [1.29, 1.82) is 0 Å². The highest BCUT2D eigenvalue weighted by Crippen LogP contribution is 2.37. The molecule has 2 heterocycles. The topological polar surface area (TPSA) is 105 Å². The number of hydrogen-bond acceptors (Lipinski definition) is 8. The molecule has 0 bridgehead atoms. The summed E-state index contributed by atoms with van der Waals surface area (Å²) >= 11 is 6.43. The van der Waals surface area contributed by atoms with Gasteiger partial charge in [0.15, 0.2) is 15.7 Å². The van der Waals surface area contributed by atoms with Gasteiger partial charge in [-0.25, -0.2) is 13.4 Å². The molecule has 0 unspecified atom stereocenters. The van der Waals surface area contributed by atoms with Crippen LogP contribution in [0.3, 0.4) is 0 Å². The normalized spacial score (nSPS) is 16.8. The van der Waals surface area contributed by atoms with E-state index in [2.05, 4.69) is 45.0 Å². The number of anilines is 3. The summed E-state index contributed by atoms with van der Waals surface area (Å²) in [6.07, 6.45) is 8.72. The van der Waals surface area contributed by atoms with Crippen LogP contribution >= 0.6 is 11.6 Å². The van der Waals surface area contributed by atoms with Crippen molar-refractivity contribution in [2.75, 3.05) is 23.7 Å². The molecular weight excluding hydrogens is 522 g/mol. The number of piperidine rings is 1. The second kappa shape index (κ2) is 12.1. The molecule has 0 atom stereocenters. The predicted octanol–water partition coefficient (Wildman–Crippen LogP) is 6.23. The molecular formula is C28H38ClN5O3S. The van der Waals surface area contributed by atoms with Gasteiger partial charge in [-0.1, -0.05) is 23.8 Å². The molecule has 0 spiro atoms. The molecule has 1 aliphatic carbocycles. The molecule has 0 saturated carbocycles. The molecule has 4 rings (SSSR count). The minimum Gasteiger partial charge on any atom is -0.489 e. The Hall–Kier alpha value is -2.62. The van der Waals surface area contributed by atoms with E-state index in [0.29, 0.717) is 34.8 Å². The van der Waals surface area contributed by atoms with Crippen LogP contribution in [-0.2, 0) is 9.84 Å². The Bertz CT molecular complexity index is 1330. The number of ether oxygens (including phenoxy) is 1. The van der Waals surface area contributed by atoms with E-state index >= 15 is 0 Å². The van der Waals surface area contributed by atoms with Crippen LogP contribution in [0.2, 0.25) is 5.02 Å². The highest BCUT2D eigenvalue weighted by atomic mass is 35.5. The molecule has 2 aliphatic rings. The number of hydrogen-bond donors (Lipinski definition) is 3. The predicted molar refractivity (Wildman–Crippen MR) is 155 cm³/mol. The summed E-state index contributed by atoms with van der Waals surface area (Å²) in [5.74, 6) is 1.90. The first-order valence-corrected chi connectivity index (χ1v) is 15.2. The standard InChI is InChI=1S/C28H38ClN5O3S/c1-17(2)37-25-15-21(20-10-12-30-13-11-20)19(5)14-24(25)33-28-31-16-22(29)27(34-28)32-23-8-6-7-9-26(23)38(35,36)18(3)4/h8-9,14-18,20,30H,6-7,10-13H2,1-5H3,(H2,31,32,33,34). The van der Waals surface area contributed by atoms with Crippen LogP contribution in [0.25, 0.3) is 0 Å². The lowest BCUT2D eigenvalue weighted by molar-refractivity contribution is 0.243. The van der Waals surface area contributed by atoms with E-state index in [1.807, 2.05) is 19.9 Å². The molecule has 1 aromatic heterocycles. The summed E-state index contributed by atoms with van der Waals surface area (Å²) in [4.78, 5) is 9.25. The van der Waals surface area contributed by atoms with E-state index in [9.17, 15) is 8.42 Å². The van der Waals surface area contributed by atoms with Crippen LogP contribution in [0.5, 0.6) is 5.75 Å². The van der Waals surface area contributed by atoms with E-state index in [-0.39, 0.29) is 11.0 Å². The molecule has 38 heavy (non-hydrogen) atoms. The molecule has 206 valence electrons. The fourth-order valence-corrected chi connectivity index (χ4v) is 6.21. The van der Waals surface area contributed by atoms with E-state index in [1.165, 1.54) is 17.3 Å². The Kier molecular flexibility index (Phi) is 9.00. The van der Waals surface area contributed by atoms with Gasteiger partial charge in [-0.3, -0.25) is 0 Å². The van der Waals surface area contributed by atoms with E-state index in [4.69, 9.17) is 16.3 Å². The van der Waals surface area contributed by atoms with Gasteiger partial charge in [0.05, 0.1) is 33.8 Å². The van der Waals surface area contributed by atoms with Crippen molar-refractivity contribution in [3.05, 3.63) is 57.2 Å². The van der Waals surface area contributed by atoms with Crippen LogP contribution in [0, 0.1) is 6.92 Å². The Balaban J connectivity index is 1.63. The summed E-state index contributed by atoms with van der Waals surface area (Å²) in [6.45, 7) is 11.5. The number of sulfone groups is 1. The van der Waals surface area contributed by atoms with E-state index in [1.54, 1.807) is 19.9 Å². The SMILES string of the molecule is Cc1cc(Nc2ncc(Cl)c(NC3=CCCC=C3S(=O)(=O)C(C)C)n2)c(OC(C)C)cc1C1CCNCC1. The van der Waals surface area contributed by atoms with Crippen molar-refractivity contribution in [3.63, 3.8) is 0 Å². The first-order valence-electron chi connectivity index (χ1n) is 13.3. The Labute approximate surface area is 231 Å². The number of halogens is 1. The molecule has 1 fully saturated rings. The zero-order chi connectivity index (χ0) is 27.4. The molecule has 0 amide bonds. The molecule has 1 saturated heterocycles. The second-order valence-electron chi connectivity index (χ2n) is 10.4. The number of rotatable bonds is 9. The van der Waals surface area contributed by atoms with Gasteiger partial charge in [-0.15, -0.1) is 0 Å². The molecule has 10 heteroatoms. The third kappa shape index (κ3) is 6.50. The quantitative estimate of drug-likeness (QED) is 0.332. The first kappa shape index (κ1) is 28.4. The van der Waals surface area contributed by atoms with Gasteiger partial charge in [0.2, 0.25) is 5.95 Å². The molecule has 1 aliphatic heterocycles. The van der Waals surface area contributed by atoms with Gasteiger partial charge in [0, 0.05) is 0 Å². The molecule has 0 radical (unpaired) electrons. The number of nitrogens with zero attached hydrogens (tertiary/aromatic N) is 2. The number of nitrogens with one attached hydrogen (secondary N) is 3. The summed E-state index contributed by atoms with van der Waals surface area (Å²) in [5, 5.41) is 9.64. The lowest BCUT2D eigenvalue weighted by atomic mass is 9.87. The Morgan fingerprint density at radius 3 is 2.47 bits per heavy atom. The van der Waals surface area contributed by atoms with Crippen molar-refractivity contribution < 1.29 is 13.2 Å². The molecule has 1 aromatic carbocycles. The van der Waals surface area contributed by atoms with Gasteiger partial charge < -0.3 is 20.7 Å².